The number of rotatable bonds is 5. The van der Waals surface area contributed by atoms with Crippen molar-refractivity contribution in [1.82, 2.24) is 15.1 Å². The second-order valence-electron chi connectivity index (χ2n) is 6.45. The van der Waals surface area contributed by atoms with Crippen molar-refractivity contribution in [3.8, 4) is 0 Å². The summed E-state index contributed by atoms with van der Waals surface area (Å²) in [5.41, 5.74) is 4.46. The molecule has 0 amide bonds. The van der Waals surface area contributed by atoms with Gasteiger partial charge in [0.25, 0.3) is 0 Å². The van der Waals surface area contributed by atoms with Crippen molar-refractivity contribution in [2.75, 3.05) is 18.4 Å². The number of aliphatic hydroxyl groups excluding tert-OH is 1. The maximum atomic E-state index is 9.65. The van der Waals surface area contributed by atoms with Gasteiger partial charge >= 0.3 is 0 Å². The van der Waals surface area contributed by atoms with Crippen LogP contribution in [0.15, 0.2) is 48.5 Å². The molecule has 1 atom stereocenters. The number of fused-ring (bicyclic) bond motifs is 1. The highest BCUT2D eigenvalue weighted by Gasteiger charge is 2.19. The lowest BCUT2D eigenvalue weighted by Gasteiger charge is -2.15. The molecule has 5 heteroatoms. The van der Waals surface area contributed by atoms with E-state index in [1.807, 2.05) is 18.2 Å². The van der Waals surface area contributed by atoms with E-state index in [1.165, 1.54) is 5.56 Å². The fourth-order valence-electron chi connectivity index (χ4n) is 3.33. The molecule has 3 N–H and O–H groups in total. The Hall–Kier alpha value is -2.37. The van der Waals surface area contributed by atoms with Gasteiger partial charge in [0.15, 0.2) is 0 Å². The Morgan fingerprint density at radius 3 is 3.00 bits per heavy atom. The number of benzene rings is 2. The number of nitrogens with one attached hydrogen (secondary N) is 2. The third-order valence-electron chi connectivity index (χ3n) is 4.59. The molecule has 1 aliphatic rings. The molecule has 124 valence electrons. The van der Waals surface area contributed by atoms with Gasteiger partial charge in [-0.3, -0.25) is 10.00 Å². The van der Waals surface area contributed by atoms with Gasteiger partial charge in [-0.05, 0) is 30.2 Å². The Labute approximate surface area is 141 Å². The van der Waals surface area contributed by atoms with Gasteiger partial charge < -0.3 is 10.4 Å². The summed E-state index contributed by atoms with van der Waals surface area (Å²) in [6.07, 6.45) is 0.713. The number of anilines is 1. The van der Waals surface area contributed by atoms with E-state index >= 15 is 0 Å². The third kappa shape index (κ3) is 3.27. The van der Waals surface area contributed by atoms with E-state index in [0.29, 0.717) is 6.54 Å². The molecule has 0 radical (unpaired) electrons. The van der Waals surface area contributed by atoms with Crippen LogP contribution in [-0.4, -0.2) is 39.4 Å². The molecule has 1 aliphatic heterocycles. The van der Waals surface area contributed by atoms with Crippen molar-refractivity contribution in [3.05, 3.63) is 59.8 Å². The average molecular weight is 322 g/mol. The predicted octanol–water partition coefficient (Wildman–Crippen LogP) is 2.74. The van der Waals surface area contributed by atoms with E-state index in [0.717, 1.165) is 48.3 Å². The molecule has 1 aromatic heterocycles. The summed E-state index contributed by atoms with van der Waals surface area (Å²) in [5.74, 6) is 0. The van der Waals surface area contributed by atoms with Crippen LogP contribution in [0.25, 0.3) is 10.9 Å². The van der Waals surface area contributed by atoms with Gasteiger partial charge in [-0.15, -0.1) is 0 Å². The standard InChI is InChI=1S/C19H22N4O/c24-16-8-9-23(13-16)12-14-4-3-5-15(10-14)20-11-19-17-6-1-2-7-18(17)21-22-19/h1-7,10,16,20,24H,8-9,11-13H2,(H,21,22). The van der Waals surface area contributed by atoms with Crippen LogP contribution in [0.4, 0.5) is 5.69 Å². The Kier molecular flexibility index (Phi) is 4.19. The minimum absolute atomic E-state index is 0.167. The molecule has 2 heterocycles. The Morgan fingerprint density at radius 2 is 2.12 bits per heavy atom. The van der Waals surface area contributed by atoms with Crippen LogP contribution in [0, 0.1) is 0 Å². The predicted molar refractivity (Wildman–Crippen MR) is 95.8 cm³/mol. The zero-order chi connectivity index (χ0) is 16.4. The molecule has 0 bridgehead atoms. The Bertz CT molecular complexity index is 829. The van der Waals surface area contributed by atoms with Crippen molar-refractivity contribution in [3.63, 3.8) is 0 Å². The molecule has 24 heavy (non-hydrogen) atoms. The van der Waals surface area contributed by atoms with E-state index in [4.69, 9.17) is 0 Å². The lowest BCUT2D eigenvalue weighted by atomic mass is 10.1. The molecule has 0 spiro atoms. The van der Waals surface area contributed by atoms with Crippen LogP contribution in [0.2, 0.25) is 0 Å². The molecule has 5 nitrogen and oxygen atoms in total. The van der Waals surface area contributed by atoms with Crippen LogP contribution in [-0.2, 0) is 13.1 Å². The van der Waals surface area contributed by atoms with Crippen LogP contribution < -0.4 is 5.32 Å². The highest BCUT2D eigenvalue weighted by atomic mass is 16.3. The summed E-state index contributed by atoms with van der Waals surface area (Å²) in [7, 11) is 0. The zero-order valence-electron chi connectivity index (χ0n) is 13.6. The second-order valence-corrected chi connectivity index (χ2v) is 6.45. The SMILES string of the molecule is OC1CCN(Cc2cccc(NCc3[nH]nc4ccccc34)c2)C1. The van der Waals surface area contributed by atoms with Gasteiger partial charge in [-0.2, -0.15) is 5.10 Å². The normalized spacial score (nSPS) is 18.3. The number of hydrogen-bond acceptors (Lipinski definition) is 4. The molecule has 3 aromatic rings. The monoisotopic (exact) mass is 322 g/mol. The van der Waals surface area contributed by atoms with E-state index < -0.39 is 0 Å². The number of aromatic nitrogens is 2. The molecule has 4 rings (SSSR count). The lowest BCUT2D eigenvalue weighted by molar-refractivity contribution is 0.175. The summed E-state index contributed by atoms with van der Waals surface area (Å²) >= 11 is 0. The van der Waals surface area contributed by atoms with Gasteiger partial charge in [-0.1, -0.05) is 30.3 Å². The smallest absolute Gasteiger partial charge is 0.0924 e. The van der Waals surface area contributed by atoms with Crippen molar-refractivity contribution < 1.29 is 5.11 Å². The van der Waals surface area contributed by atoms with E-state index in [9.17, 15) is 5.11 Å². The summed E-state index contributed by atoms with van der Waals surface area (Å²) in [6.45, 7) is 3.35. The van der Waals surface area contributed by atoms with E-state index in [-0.39, 0.29) is 6.10 Å². The van der Waals surface area contributed by atoms with Gasteiger partial charge in [0.05, 0.1) is 23.9 Å². The zero-order valence-corrected chi connectivity index (χ0v) is 13.6. The van der Waals surface area contributed by atoms with Crippen LogP contribution in [0.5, 0.6) is 0 Å². The number of likely N-dealkylation sites (tertiary alicyclic amines) is 1. The van der Waals surface area contributed by atoms with E-state index in [1.54, 1.807) is 0 Å². The van der Waals surface area contributed by atoms with Crippen LogP contribution >= 0.6 is 0 Å². The largest absolute Gasteiger partial charge is 0.392 e. The first-order chi connectivity index (χ1) is 11.8. The Morgan fingerprint density at radius 1 is 1.21 bits per heavy atom. The molecule has 1 unspecified atom stereocenters. The maximum absolute atomic E-state index is 9.65. The molecule has 0 aliphatic carbocycles. The molecular formula is C19H22N4O. The van der Waals surface area contributed by atoms with Gasteiger partial charge in [-0.25, -0.2) is 0 Å². The van der Waals surface area contributed by atoms with Crippen LogP contribution in [0.1, 0.15) is 17.7 Å². The number of para-hydroxylation sites is 1. The van der Waals surface area contributed by atoms with Gasteiger partial charge in [0, 0.05) is 30.7 Å². The van der Waals surface area contributed by atoms with Crippen molar-refractivity contribution in [2.24, 2.45) is 0 Å². The topological polar surface area (TPSA) is 64.2 Å². The Balaban J connectivity index is 1.42. The number of aromatic amines is 1. The number of β-amino-alcohol motifs (C(OH)–C–C–N with tert-alkyl or cyclic N) is 1. The van der Waals surface area contributed by atoms with E-state index in [2.05, 4.69) is 50.7 Å². The number of aliphatic hydroxyl groups is 1. The third-order valence-corrected chi connectivity index (χ3v) is 4.59. The quantitative estimate of drug-likeness (QED) is 0.676. The van der Waals surface area contributed by atoms with Crippen molar-refractivity contribution in [1.29, 1.82) is 0 Å². The molecular weight excluding hydrogens is 300 g/mol. The fourth-order valence-corrected chi connectivity index (χ4v) is 3.33. The summed E-state index contributed by atoms with van der Waals surface area (Å²) < 4.78 is 0. The summed E-state index contributed by atoms with van der Waals surface area (Å²) in [4.78, 5) is 2.30. The van der Waals surface area contributed by atoms with Gasteiger partial charge in [0.1, 0.15) is 0 Å². The molecule has 2 aromatic carbocycles. The second kappa shape index (κ2) is 6.63. The van der Waals surface area contributed by atoms with Crippen molar-refractivity contribution >= 4 is 16.6 Å². The minimum atomic E-state index is -0.167. The molecule has 1 saturated heterocycles. The minimum Gasteiger partial charge on any atom is -0.392 e. The highest BCUT2D eigenvalue weighted by Crippen LogP contribution is 2.19. The molecule has 1 fully saturated rings. The first-order valence-corrected chi connectivity index (χ1v) is 8.43. The number of nitrogens with zero attached hydrogens (tertiary/aromatic N) is 2. The lowest BCUT2D eigenvalue weighted by Crippen LogP contribution is -2.21. The summed E-state index contributed by atoms with van der Waals surface area (Å²) in [6, 6.07) is 16.6. The van der Waals surface area contributed by atoms with Crippen molar-refractivity contribution in [2.45, 2.75) is 25.6 Å². The first-order valence-electron chi connectivity index (χ1n) is 8.43. The highest BCUT2D eigenvalue weighted by molar-refractivity contribution is 5.81. The van der Waals surface area contributed by atoms with Gasteiger partial charge in [0.2, 0.25) is 0 Å². The first kappa shape index (κ1) is 15.2. The molecule has 0 saturated carbocycles. The number of hydrogen-bond donors (Lipinski definition) is 3. The summed E-state index contributed by atoms with van der Waals surface area (Å²) in [5, 5.41) is 21.7. The number of H-pyrrole nitrogens is 1. The fraction of sp³-hybridized carbons (Fsp3) is 0.316. The maximum Gasteiger partial charge on any atom is 0.0924 e. The average Bonchev–Trinajstić information content (AvgIpc) is 3.19. The van der Waals surface area contributed by atoms with Crippen LogP contribution in [0.3, 0.4) is 0 Å².